The van der Waals surface area contributed by atoms with Gasteiger partial charge in [0.2, 0.25) is 0 Å². The summed E-state index contributed by atoms with van der Waals surface area (Å²) in [5, 5.41) is 3.17. The van der Waals surface area contributed by atoms with Gasteiger partial charge in [-0.2, -0.15) is 0 Å². The molecule has 0 fully saturated rings. The van der Waals surface area contributed by atoms with Crippen LogP contribution in [-0.2, 0) is 17.7 Å². The summed E-state index contributed by atoms with van der Waals surface area (Å²) in [7, 11) is 3.00. The minimum Gasteiger partial charge on any atom is -0.493 e. The van der Waals surface area contributed by atoms with Gasteiger partial charge >= 0.3 is 6.09 Å². The number of aromatic nitrogens is 2. The van der Waals surface area contributed by atoms with E-state index in [0.717, 1.165) is 6.07 Å². The molecule has 1 N–H and O–H groups in total. The number of ketones is 1. The monoisotopic (exact) mass is 735 g/mol. The fourth-order valence-electron chi connectivity index (χ4n) is 4.99. The molecule has 3 aromatic carbocycles. The minimum absolute atomic E-state index is 0.0956. The topological polar surface area (TPSA) is 118 Å². The predicted octanol–water partition coefficient (Wildman–Crippen LogP) is 7.69. The van der Waals surface area contributed by atoms with Crippen molar-refractivity contribution >= 4 is 38.7 Å². The molecule has 1 amide bonds. The van der Waals surface area contributed by atoms with Crippen LogP contribution in [-0.4, -0.2) is 41.2 Å². The zero-order valence-corrected chi connectivity index (χ0v) is 28.8. The zero-order chi connectivity index (χ0) is 35.5. The van der Waals surface area contributed by atoms with Gasteiger partial charge in [0, 0.05) is 34.2 Å². The van der Waals surface area contributed by atoms with Crippen LogP contribution in [0.4, 0.5) is 13.6 Å². The minimum atomic E-state index is -0.756. The van der Waals surface area contributed by atoms with Gasteiger partial charge in [0.05, 0.1) is 37.5 Å². The number of methoxy groups -OCH3 is 2. The molecule has 10 nitrogen and oxygen atoms in total. The Hall–Kier alpha value is -5.30. The summed E-state index contributed by atoms with van der Waals surface area (Å²) in [6.07, 6.45) is 0.487. The molecule has 13 heteroatoms. The summed E-state index contributed by atoms with van der Waals surface area (Å²) in [4.78, 5) is 44.1. The molecule has 0 unspecified atom stereocenters. The maximum absolute atomic E-state index is 15.4. The largest absolute Gasteiger partial charge is 0.493 e. The number of nitrogens with zero attached hydrogens (tertiary/aromatic N) is 2. The van der Waals surface area contributed by atoms with E-state index in [4.69, 9.17) is 18.9 Å². The highest BCUT2D eigenvalue weighted by Crippen LogP contribution is 2.37. The molecule has 49 heavy (non-hydrogen) atoms. The number of hydrogen-bond acceptors (Lipinski definition) is 8. The summed E-state index contributed by atoms with van der Waals surface area (Å²) >= 11 is 3.42. The standard InChI is InChI=1S/C36H32BrF2N3O7/c1-36(2,3)49-35(45)41-19-28-25(37)16-24(34(44)42(28)22-9-7-21(38)8-10-22)29(43)15-20-6-11-31(26(39)14-20)48-30-12-13-40-27-18-33(47-5)32(46-4)17-23(27)30/h6-14,16-18H,15,19H2,1-5H3,(H,41,45). The first-order valence-corrected chi connectivity index (χ1v) is 15.7. The van der Waals surface area contributed by atoms with Crippen LogP contribution in [0.15, 0.2) is 82.2 Å². The summed E-state index contributed by atoms with van der Waals surface area (Å²) in [6, 6.07) is 15.5. The molecular formula is C36H32BrF2N3O7. The van der Waals surface area contributed by atoms with Crippen LogP contribution in [0.25, 0.3) is 16.6 Å². The second-order valence-corrected chi connectivity index (χ2v) is 12.7. The Morgan fingerprint density at radius 3 is 2.24 bits per heavy atom. The highest BCUT2D eigenvalue weighted by Gasteiger charge is 2.23. The van der Waals surface area contributed by atoms with Crippen molar-refractivity contribution in [3.8, 4) is 28.7 Å². The van der Waals surface area contributed by atoms with Gasteiger partial charge in [0.1, 0.15) is 17.2 Å². The van der Waals surface area contributed by atoms with Crippen LogP contribution in [0.1, 0.15) is 42.4 Å². The summed E-state index contributed by atoms with van der Waals surface area (Å²) in [6.45, 7) is 4.97. The predicted molar refractivity (Wildman–Crippen MR) is 182 cm³/mol. The van der Waals surface area contributed by atoms with Crippen LogP contribution in [0, 0.1) is 11.6 Å². The number of Topliss-reactive ketones (excluding diaryl/α,β-unsaturated/α-hetero) is 1. The molecule has 5 aromatic rings. The molecule has 0 atom stereocenters. The van der Waals surface area contributed by atoms with Gasteiger partial charge in [0.25, 0.3) is 5.56 Å². The van der Waals surface area contributed by atoms with E-state index in [-0.39, 0.29) is 35.7 Å². The van der Waals surface area contributed by atoms with Gasteiger partial charge in [-0.15, -0.1) is 0 Å². The molecular weight excluding hydrogens is 704 g/mol. The number of carbonyl (C=O) groups excluding carboxylic acids is 2. The maximum atomic E-state index is 15.4. The third-order valence-corrected chi connectivity index (χ3v) is 7.91. The van der Waals surface area contributed by atoms with Gasteiger partial charge in [-0.1, -0.05) is 6.07 Å². The molecule has 0 aliphatic heterocycles. The number of fused-ring (bicyclic) bond motifs is 1. The van der Waals surface area contributed by atoms with E-state index in [1.807, 2.05) is 0 Å². The van der Waals surface area contributed by atoms with Gasteiger partial charge in [-0.25, -0.2) is 13.6 Å². The van der Waals surface area contributed by atoms with E-state index in [9.17, 15) is 18.8 Å². The molecule has 0 aliphatic carbocycles. The molecule has 2 aromatic heterocycles. The zero-order valence-electron chi connectivity index (χ0n) is 27.2. The van der Waals surface area contributed by atoms with Gasteiger partial charge in [0.15, 0.2) is 28.8 Å². The molecule has 0 saturated heterocycles. The van der Waals surface area contributed by atoms with E-state index >= 15 is 4.39 Å². The van der Waals surface area contributed by atoms with Crippen molar-refractivity contribution in [1.82, 2.24) is 14.9 Å². The van der Waals surface area contributed by atoms with Crippen molar-refractivity contribution in [3.05, 3.63) is 116 Å². The van der Waals surface area contributed by atoms with Crippen molar-refractivity contribution < 1.29 is 37.3 Å². The summed E-state index contributed by atoms with van der Waals surface area (Å²) in [5.74, 6) is -0.708. The number of pyridine rings is 2. The first kappa shape index (κ1) is 35.0. The van der Waals surface area contributed by atoms with Gasteiger partial charge < -0.3 is 24.3 Å². The van der Waals surface area contributed by atoms with Crippen molar-refractivity contribution in [2.75, 3.05) is 14.2 Å². The van der Waals surface area contributed by atoms with Gasteiger partial charge in [-0.3, -0.25) is 19.1 Å². The average molecular weight is 737 g/mol. The third-order valence-electron chi connectivity index (χ3n) is 7.22. The number of amides is 1. The number of ether oxygens (including phenoxy) is 4. The first-order chi connectivity index (χ1) is 23.3. The van der Waals surface area contributed by atoms with E-state index < -0.39 is 34.7 Å². The Kier molecular flexibility index (Phi) is 10.3. The first-order valence-electron chi connectivity index (χ1n) is 15.0. The van der Waals surface area contributed by atoms with E-state index in [2.05, 4.69) is 26.2 Å². The quantitative estimate of drug-likeness (QED) is 0.145. The molecule has 0 radical (unpaired) electrons. The highest BCUT2D eigenvalue weighted by atomic mass is 79.9. The fourth-order valence-corrected chi connectivity index (χ4v) is 5.54. The Bertz CT molecular complexity index is 2110. The fraction of sp³-hybridized carbons (Fsp3) is 0.222. The molecule has 0 saturated carbocycles. The maximum Gasteiger partial charge on any atom is 0.407 e. The Morgan fingerprint density at radius 1 is 0.898 bits per heavy atom. The smallest absolute Gasteiger partial charge is 0.407 e. The SMILES string of the molecule is COc1cc2nccc(Oc3ccc(CC(=O)c4cc(Br)c(CNC(=O)OC(C)(C)C)n(-c5ccc(F)cc5)c4=O)cc3F)c2cc1OC. The van der Waals surface area contributed by atoms with Crippen molar-refractivity contribution in [2.45, 2.75) is 39.3 Å². The number of alkyl carbamates (subject to hydrolysis) is 1. The van der Waals surface area contributed by atoms with E-state index in [1.165, 1.54) is 67.4 Å². The Labute approximate surface area is 288 Å². The second-order valence-electron chi connectivity index (χ2n) is 11.8. The number of carbonyl (C=O) groups is 2. The molecule has 0 bridgehead atoms. The Balaban J connectivity index is 1.42. The lowest BCUT2D eigenvalue weighted by Crippen LogP contribution is -2.35. The summed E-state index contributed by atoms with van der Waals surface area (Å²) < 4.78 is 52.6. The van der Waals surface area contributed by atoms with Crippen molar-refractivity contribution in [3.63, 3.8) is 0 Å². The van der Waals surface area contributed by atoms with Crippen LogP contribution in [0.3, 0.4) is 0 Å². The van der Waals surface area contributed by atoms with Crippen LogP contribution < -0.4 is 25.1 Å². The highest BCUT2D eigenvalue weighted by molar-refractivity contribution is 9.10. The molecule has 0 spiro atoms. The second kappa shape index (κ2) is 14.4. The number of benzene rings is 3. The number of hydrogen-bond donors (Lipinski definition) is 1. The van der Waals surface area contributed by atoms with E-state index in [1.54, 1.807) is 39.0 Å². The lowest BCUT2D eigenvalue weighted by molar-refractivity contribution is 0.0522. The Morgan fingerprint density at radius 2 is 1.59 bits per heavy atom. The van der Waals surface area contributed by atoms with Crippen LogP contribution >= 0.6 is 15.9 Å². The number of rotatable bonds is 10. The van der Waals surface area contributed by atoms with Gasteiger partial charge in [-0.05, 0) is 96.9 Å². The van der Waals surface area contributed by atoms with Crippen molar-refractivity contribution in [2.24, 2.45) is 0 Å². The molecule has 254 valence electrons. The lowest BCUT2D eigenvalue weighted by atomic mass is 10.0. The molecule has 0 aliphatic rings. The molecule has 2 heterocycles. The van der Waals surface area contributed by atoms with Crippen molar-refractivity contribution in [1.29, 1.82) is 0 Å². The summed E-state index contributed by atoms with van der Waals surface area (Å²) in [5.41, 5.74) is -0.291. The number of nitrogens with one attached hydrogen (secondary N) is 1. The lowest BCUT2D eigenvalue weighted by Gasteiger charge is -2.21. The average Bonchev–Trinajstić information content (AvgIpc) is 3.05. The van der Waals surface area contributed by atoms with Crippen LogP contribution in [0.2, 0.25) is 0 Å². The molecule has 5 rings (SSSR count). The van der Waals surface area contributed by atoms with Crippen LogP contribution in [0.5, 0.6) is 23.0 Å². The normalized spacial score (nSPS) is 11.3. The third kappa shape index (κ3) is 8.06. The number of halogens is 3. The van der Waals surface area contributed by atoms with E-state index in [0.29, 0.717) is 38.2 Å².